The summed E-state index contributed by atoms with van der Waals surface area (Å²) in [6, 6.07) is -0.535. The lowest BCUT2D eigenvalue weighted by Gasteiger charge is -2.27. The maximum absolute atomic E-state index is 12.3. The maximum Gasteiger partial charge on any atom is 0.223 e. The van der Waals surface area contributed by atoms with Gasteiger partial charge in [0.05, 0.1) is 17.8 Å². The molecule has 0 aromatic heterocycles. The van der Waals surface area contributed by atoms with Crippen molar-refractivity contribution in [1.82, 2.24) is 9.21 Å². The Kier molecular flexibility index (Phi) is 6.07. The molecular formula is C14H26N2O5S2. The van der Waals surface area contributed by atoms with E-state index in [2.05, 4.69) is 0 Å². The highest BCUT2D eigenvalue weighted by atomic mass is 32.2. The van der Waals surface area contributed by atoms with E-state index in [-0.39, 0.29) is 30.4 Å². The molecule has 0 bridgehead atoms. The largest absolute Gasteiger partial charge is 0.343 e. The van der Waals surface area contributed by atoms with Crippen molar-refractivity contribution in [1.29, 1.82) is 0 Å². The van der Waals surface area contributed by atoms with Crippen molar-refractivity contribution in [2.24, 2.45) is 0 Å². The second kappa shape index (κ2) is 7.48. The number of hydrogen-bond acceptors (Lipinski definition) is 5. The Labute approximate surface area is 139 Å². The number of hydrogen-bond donors (Lipinski definition) is 0. The summed E-state index contributed by atoms with van der Waals surface area (Å²) in [5.41, 5.74) is 0. The number of nitrogens with zero attached hydrogens (tertiary/aromatic N) is 2. The molecule has 2 aliphatic rings. The van der Waals surface area contributed by atoms with Crippen molar-refractivity contribution in [2.75, 3.05) is 37.4 Å². The average Bonchev–Trinajstić information content (AvgIpc) is 2.66. The van der Waals surface area contributed by atoms with Gasteiger partial charge in [-0.25, -0.2) is 16.8 Å². The second-order valence-corrected chi connectivity index (χ2v) is 10.6. The van der Waals surface area contributed by atoms with Crippen LogP contribution in [0, 0.1) is 0 Å². The van der Waals surface area contributed by atoms with Gasteiger partial charge in [0.2, 0.25) is 15.9 Å². The molecule has 2 saturated heterocycles. The van der Waals surface area contributed by atoms with E-state index >= 15 is 0 Å². The third kappa shape index (κ3) is 5.42. The van der Waals surface area contributed by atoms with Crippen LogP contribution in [0.3, 0.4) is 0 Å². The number of carbonyl (C=O) groups excluding carboxylic acids is 1. The maximum atomic E-state index is 12.3. The lowest BCUT2D eigenvalue weighted by molar-refractivity contribution is -0.131. The highest BCUT2D eigenvalue weighted by Gasteiger charge is 2.36. The van der Waals surface area contributed by atoms with Crippen LogP contribution in [0.15, 0.2) is 0 Å². The molecule has 0 radical (unpaired) electrons. The minimum atomic E-state index is -3.53. The van der Waals surface area contributed by atoms with Crippen molar-refractivity contribution in [3.05, 3.63) is 0 Å². The molecule has 9 heteroatoms. The van der Waals surface area contributed by atoms with Crippen molar-refractivity contribution >= 4 is 25.8 Å². The van der Waals surface area contributed by atoms with Gasteiger partial charge in [0, 0.05) is 32.1 Å². The van der Waals surface area contributed by atoms with Crippen molar-refractivity contribution < 1.29 is 21.6 Å². The minimum absolute atomic E-state index is 0.0176. The number of likely N-dealkylation sites (tertiary alicyclic amines) is 1. The van der Waals surface area contributed by atoms with E-state index < -0.39 is 25.9 Å². The Morgan fingerprint density at radius 1 is 1.17 bits per heavy atom. The first kappa shape index (κ1) is 18.7. The lowest BCUT2D eigenvalue weighted by Crippen LogP contribution is -2.43. The molecule has 23 heavy (non-hydrogen) atoms. The van der Waals surface area contributed by atoms with Crippen LogP contribution in [0.1, 0.15) is 38.5 Å². The molecule has 2 heterocycles. The fourth-order valence-electron chi connectivity index (χ4n) is 3.31. The van der Waals surface area contributed by atoms with E-state index in [0.717, 1.165) is 45.0 Å². The van der Waals surface area contributed by atoms with Crippen LogP contribution in [-0.4, -0.2) is 75.4 Å². The van der Waals surface area contributed by atoms with E-state index in [1.807, 2.05) is 0 Å². The number of sulfone groups is 1. The molecule has 1 atom stereocenters. The zero-order chi connectivity index (χ0) is 17.1. The quantitative estimate of drug-likeness (QED) is 0.694. The number of rotatable bonds is 5. The molecule has 2 rings (SSSR count). The van der Waals surface area contributed by atoms with Gasteiger partial charge in [0.15, 0.2) is 9.84 Å². The third-order valence-electron chi connectivity index (χ3n) is 4.55. The number of sulfonamides is 1. The zero-order valence-electron chi connectivity index (χ0n) is 13.6. The molecule has 0 N–H and O–H groups in total. The first-order chi connectivity index (χ1) is 10.7. The van der Waals surface area contributed by atoms with Crippen molar-refractivity contribution in [3.63, 3.8) is 0 Å². The van der Waals surface area contributed by atoms with E-state index in [4.69, 9.17) is 0 Å². The standard InChI is InChI=1S/C14H26N2O5S2/c1-22(18,19)16(13-7-11-23(20,21)12-13)10-6-14(17)15-8-4-2-3-5-9-15/h13H,2-12H2,1H3. The van der Waals surface area contributed by atoms with Crippen molar-refractivity contribution in [2.45, 2.75) is 44.6 Å². The fourth-order valence-corrected chi connectivity index (χ4v) is 6.28. The predicted molar refractivity (Wildman–Crippen MR) is 88.3 cm³/mol. The van der Waals surface area contributed by atoms with Gasteiger partial charge in [-0.1, -0.05) is 12.8 Å². The molecule has 0 aromatic carbocycles. The fraction of sp³-hybridized carbons (Fsp3) is 0.929. The smallest absolute Gasteiger partial charge is 0.223 e. The summed E-state index contributed by atoms with van der Waals surface area (Å²) >= 11 is 0. The van der Waals surface area contributed by atoms with Crippen LogP contribution in [0.25, 0.3) is 0 Å². The second-order valence-electron chi connectivity index (χ2n) is 6.48. The molecule has 134 valence electrons. The topological polar surface area (TPSA) is 91.8 Å². The van der Waals surface area contributed by atoms with Crippen LogP contribution < -0.4 is 0 Å². The van der Waals surface area contributed by atoms with Crippen LogP contribution in [0.5, 0.6) is 0 Å². The monoisotopic (exact) mass is 366 g/mol. The highest BCUT2D eigenvalue weighted by Crippen LogP contribution is 2.21. The minimum Gasteiger partial charge on any atom is -0.343 e. The van der Waals surface area contributed by atoms with Crippen LogP contribution in [0.4, 0.5) is 0 Å². The van der Waals surface area contributed by atoms with Crippen LogP contribution in [0.2, 0.25) is 0 Å². The zero-order valence-corrected chi connectivity index (χ0v) is 15.2. The van der Waals surface area contributed by atoms with Crippen LogP contribution in [-0.2, 0) is 24.7 Å². The summed E-state index contributed by atoms with van der Waals surface area (Å²) in [5, 5.41) is 0. The molecule has 1 amide bonds. The van der Waals surface area contributed by atoms with Crippen molar-refractivity contribution in [3.8, 4) is 0 Å². The first-order valence-corrected chi connectivity index (χ1v) is 11.8. The van der Waals surface area contributed by atoms with Gasteiger partial charge in [-0.3, -0.25) is 4.79 Å². The van der Waals surface area contributed by atoms with Gasteiger partial charge < -0.3 is 4.90 Å². The summed E-state index contributed by atoms with van der Waals surface area (Å²) in [6.45, 7) is 1.53. The normalized spacial score (nSPS) is 25.5. The first-order valence-electron chi connectivity index (χ1n) is 8.14. The summed E-state index contributed by atoms with van der Waals surface area (Å²) in [4.78, 5) is 14.1. The van der Waals surface area contributed by atoms with Gasteiger partial charge in [-0.05, 0) is 19.3 Å². The Balaban J connectivity index is 1.97. The van der Waals surface area contributed by atoms with Gasteiger partial charge >= 0.3 is 0 Å². The van der Waals surface area contributed by atoms with Gasteiger partial charge in [0.1, 0.15) is 0 Å². The third-order valence-corrected chi connectivity index (χ3v) is 7.63. The van der Waals surface area contributed by atoms with E-state index in [1.165, 1.54) is 4.31 Å². The molecule has 0 aromatic rings. The predicted octanol–water partition coefficient (Wildman–Crippen LogP) is 0.228. The summed E-state index contributed by atoms with van der Waals surface area (Å²) in [7, 11) is -6.70. The SMILES string of the molecule is CS(=O)(=O)N(CCC(=O)N1CCCCCC1)C1CCS(=O)(=O)C1. The van der Waals surface area contributed by atoms with Gasteiger partial charge in [-0.2, -0.15) is 4.31 Å². The molecule has 1 unspecified atom stereocenters. The summed E-state index contributed by atoms with van der Waals surface area (Å²) in [6.07, 6.45) is 5.73. The highest BCUT2D eigenvalue weighted by molar-refractivity contribution is 7.92. The van der Waals surface area contributed by atoms with E-state index in [1.54, 1.807) is 4.90 Å². The van der Waals surface area contributed by atoms with Gasteiger partial charge in [-0.15, -0.1) is 0 Å². The molecule has 0 saturated carbocycles. The molecule has 0 spiro atoms. The Morgan fingerprint density at radius 2 is 1.78 bits per heavy atom. The molecule has 2 aliphatic heterocycles. The number of amides is 1. The molecule has 0 aliphatic carbocycles. The average molecular weight is 367 g/mol. The van der Waals surface area contributed by atoms with Crippen LogP contribution >= 0.6 is 0 Å². The Hall–Kier alpha value is -0.670. The molecule has 2 fully saturated rings. The van der Waals surface area contributed by atoms with E-state index in [9.17, 15) is 21.6 Å². The Morgan fingerprint density at radius 3 is 2.26 bits per heavy atom. The summed E-state index contributed by atoms with van der Waals surface area (Å²) < 4.78 is 48.4. The van der Waals surface area contributed by atoms with E-state index in [0.29, 0.717) is 6.42 Å². The lowest BCUT2D eigenvalue weighted by atomic mass is 10.2. The molecular weight excluding hydrogens is 340 g/mol. The molecule has 7 nitrogen and oxygen atoms in total. The van der Waals surface area contributed by atoms with Gasteiger partial charge in [0.25, 0.3) is 0 Å². The summed E-state index contributed by atoms with van der Waals surface area (Å²) in [5.74, 6) is -0.164. The number of carbonyl (C=O) groups is 1. The Bertz CT molecular complexity index is 622.